The Hall–Kier alpha value is -1.62. The van der Waals surface area contributed by atoms with Gasteiger partial charge in [0.05, 0.1) is 6.20 Å². The van der Waals surface area contributed by atoms with E-state index in [1.807, 2.05) is 16.9 Å². The highest BCUT2D eigenvalue weighted by molar-refractivity contribution is 5.56. The quantitative estimate of drug-likeness (QED) is 0.861. The molecule has 0 spiro atoms. The van der Waals surface area contributed by atoms with Crippen LogP contribution in [0, 0.1) is 0 Å². The summed E-state index contributed by atoms with van der Waals surface area (Å²) < 4.78 is 7.08. The first kappa shape index (κ1) is 11.9. The second-order valence-corrected chi connectivity index (χ2v) is 4.31. The molecule has 0 fully saturated rings. The van der Waals surface area contributed by atoms with Crippen molar-refractivity contribution in [3.05, 3.63) is 24.2 Å². The molecule has 92 valence electrons. The summed E-state index contributed by atoms with van der Waals surface area (Å²) in [6.07, 6.45) is 5.15. The van der Waals surface area contributed by atoms with E-state index in [1.54, 1.807) is 6.20 Å². The molecule has 0 aliphatic rings. The normalized spacial score (nSPS) is 11.3. The predicted molar refractivity (Wildman–Crippen MR) is 63.5 cm³/mol. The van der Waals surface area contributed by atoms with Gasteiger partial charge in [-0.3, -0.25) is 4.68 Å². The van der Waals surface area contributed by atoms with Crippen LogP contribution in [0.15, 0.2) is 23.0 Å². The summed E-state index contributed by atoms with van der Waals surface area (Å²) in [6.45, 7) is 4.32. The summed E-state index contributed by atoms with van der Waals surface area (Å²) in [6, 6.07) is 2.24. The fourth-order valence-corrected chi connectivity index (χ4v) is 1.57. The molecule has 5 heteroatoms. The number of aliphatic hydroxyl groups excluding tert-OH is 1. The van der Waals surface area contributed by atoms with Gasteiger partial charge in [0, 0.05) is 36.9 Å². The van der Waals surface area contributed by atoms with Crippen LogP contribution in [0.2, 0.25) is 0 Å². The van der Waals surface area contributed by atoms with Crippen LogP contribution in [0.1, 0.15) is 32.1 Å². The highest BCUT2D eigenvalue weighted by atomic mass is 16.5. The van der Waals surface area contributed by atoms with Crippen LogP contribution < -0.4 is 0 Å². The SMILES string of the molecule is CC(C)n1cc(-c2cc(CCCO)on2)cn1. The zero-order valence-electron chi connectivity index (χ0n) is 10.1. The summed E-state index contributed by atoms with van der Waals surface area (Å²) >= 11 is 0. The smallest absolute Gasteiger partial charge is 0.137 e. The van der Waals surface area contributed by atoms with Crippen LogP contribution in [0.25, 0.3) is 11.3 Å². The minimum absolute atomic E-state index is 0.168. The first-order valence-corrected chi connectivity index (χ1v) is 5.81. The van der Waals surface area contributed by atoms with Crippen molar-refractivity contribution in [1.82, 2.24) is 14.9 Å². The van der Waals surface area contributed by atoms with Crippen LogP contribution in [-0.2, 0) is 6.42 Å². The Labute approximate surface area is 100 Å². The molecule has 5 nitrogen and oxygen atoms in total. The van der Waals surface area contributed by atoms with E-state index < -0.39 is 0 Å². The van der Waals surface area contributed by atoms with Gasteiger partial charge in [0.2, 0.25) is 0 Å². The fraction of sp³-hybridized carbons (Fsp3) is 0.500. The number of aryl methyl sites for hydroxylation is 1. The predicted octanol–water partition coefficient (Wildman–Crippen LogP) is 2.04. The zero-order valence-corrected chi connectivity index (χ0v) is 10.1. The topological polar surface area (TPSA) is 64.1 Å². The van der Waals surface area contributed by atoms with E-state index in [-0.39, 0.29) is 6.61 Å². The van der Waals surface area contributed by atoms with Gasteiger partial charge in [-0.15, -0.1) is 0 Å². The van der Waals surface area contributed by atoms with Crippen molar-refractivity contribution in [2.45, 2.75) is 32.7 Å². The molecular weight excluding hydrogens is 218 g/mol. The standard InChI is InChI=1S/C12H17N3O2/c1-9(2)15-8-10(7-13-15)12-6-11(17-14-12)4-3-5-16/h6-9,16H,3-5H2,1-2H3. The van der Waals surface area contributed by atoms with Crippen LogP contribution in [0.5, 0.6) is 0 Å². The molecule has 2 aromatic rings. The van der Waals surface area contributed by atoms with Gasteiger partial charge >= 0.3 is 0 Å². The Bertz CT molecular complexity index is 474. The number of hydrogen-bond acceptors (Lipinski definition) is 4. The summed E-state index contributed by atoms with van der Waals surface area (Å²) in [7, 11) is 0. The molecule has 0 saturated heterocycles. The fourth-order valence-electron chi connectivity index (χ4n) is 1.57. The third-order valence-corrected chi connectivity index (χ3v) is 2.57. The van der Waals surface area contributed by atoms with Crippen molar-refractivity contribution >= 4 is 0 Å². The number of rotatable bonds is 5. The van der Waals surface area contributed by atoms with Gasteiger partial charge in [0.15, 0.2) is 0 Å². The number of hydrogen-bond donors (Lipinski definition) is 1. The molecule has 0 bridgehead atoms. The maximum absolute atomic E-state index is 8.74. The molecule has 2 heterocycles. The second-order valence-electron chi connectivity index (χ2n) is 4.31. The molecular formula is C12H17N3O2. The van der Waals surface area contributed by atoms with Gasteiger partial charge in [-0.2, -0.15) is 5.10 Å². The minimum atomic E-state index is 0.168. The largest absolute Gasteiger partial charge is 0.396 e. The molecule has 17 heavy (non-hydrogen) atoms. The molecule has 0 aromatic carbocycles. The van der Waals surface area contributed by atoms with E-state index in [2.05, 4.69) is 24.1 Å². The average Bonchev–Trinajstić information content (AvgIpc) is 2.94. The van der Waals surface area contributed by atoms with Gasteiger partial charge in [0.25, 0.3) is 0 Å². The summed E-state index contributed by atoms with van der Waals surface area (Å²) in [5, 5.41) is 17.0. The molecule has 2 aromatic heterocycles. The minimum Gasteiger partial charge on any atom is -0.396 e. The van der Waals surface area contributed by atoms with Gasteiger partial charge in [-0.25, -0.2) is 0 Å². The highest BCUT2D eigenvalue weighted by Crippen LogP contribution is 2.20. The van der Waals surface area contributed by atoms with Crippen molar-refractivity contribution in [2.24, 2.45) is 0 Å². The van der Waals surface area contributed by atoms with Gasteiger partial charge in [-0.1, -0.05) is 5.16 Å². The molecule has 0 aliphatic carbocycles. The number of aromatic nitrogens is 3. The average molecular weight is 235 g/mol. The van der Waals surface area contributed by atoms with Crippen LogP contribution in [0.3, 0.4) is 0 Å². The van der Waals surface area contributed by atoms with E-state index in [0.717, 1.165) is 17.0 Å². The van der Waals surface area contributed by atoms with Gasteiger partial charge < -0.3 is 9.63 Å². The molecule has 0 amide bonds. The lowest BCUT2D eigenvalue weighted by molar-refractivity contribution is 0.280. The van der Waals surface area contributed by atoms with Crippen molar-refractivity contribution in [3.8, 4) is 11.3 Å². The van der Waals surface area contributed by atoms with Gasteiger partial charge in [0.1, 0.15) is 11.5 Å². The monoisotopic (exact) mass is 235 g/mol. The van der Waals surface area contributed by atoms with Crippen molar-refractivity contribution in [3.63, 3.8) is 0 Å². The Kier molecular flexibility index (Phi) is 3.58. The summed E-state index contributed by atoms with van der Waals surface area (Å²) in [4.78, 5) is 0. The Morgan fingerprint density at radius 3 is 2.94 bits per heavy atom. The summed E-state index contributed by atoms with van der Waals surface area (Å²) in [5.74, 6) is 0.798. The first-order valence-electron chi connectivity index (χ1n) is 5.81. The maximum atomic E-state index is 8.74. The Morgan fingerprint density at radius 1 is 1.47 bits per heavy atom. The lowest BCUT2D eigenvalue weighted by atomic mass is 10.2. The molecule has 0 aliphatic heterocycles. The van der Waals surface area contributed by atoms with E-state index >= 15 is 0 Å². The molecule has 2 rings (SSSR count). The van der Waals surface area contributed by atoms with Crippen LogP contribution >= 0.6 is 0 Å². The molecule has 0 saturated carbocycles. The van der Waals surface area contributed by atoms with Gasteiger partial charge in [-0.05, 0) is 20.3 Å². The lowest BCUT2D eigenvalue weighted by Gasteiger charge is -2.02. The molecule has 1 N–H and O–H groups in total. The molecule has 0 unspecified atom stereocenters. The maximum Gasteiger partial charge on any atom is 0.137 e. The zero-order chi connectivity index (χ0) is 12.3. The summed E-state index contributed by atoms with van der Waals surface area (Å²) in [5.41, 5.74) is 1.75. The van der Waals surface area contributed by atoms with E-state index in [4.69, 9.17) is 9.63 Å². The lowest BCUT2D eigenvalue weighted by Crippen LogP contribution is -1.99. The molecule has 0 atom stereocenters. The first-order chi connectivity index (χ1) is 8.20. The van der Waals surface area contributed by atoms with E-state index in [9.17, 15) is 0 Å². The van der Waals surface area contributed by atoms with Crippen molar-refractivity contribution in [2.75, 3.05) is 6.61 Å². The van der Waals surface area contributed by atoms with Crippen molar-refractivity contribution < 1.29 is 9.63 Å². The third-order valence-electron chi connectivity index (χ3n) is 2.57. The Morgan fingerprint density at radius 2 is 2.29 bits per heavy atom. The number of nitrogens with zero attached hydrogens (tertiary/aromatic N) is 3. The Balaban J connectivity index is 2.13. The van der Waals surface area contributed by atoms with Crippen LogP contribution in [-0.4, -0.2) is 26.7 Å². The number of aliphatic hydroxyl groups is 1. The van der Waals surface area contributed by atoms with Crippen LogP contribution in [0.4, 0.5) is 0 Å². The van der Waals surface area contributed by atoms with Crippen molar-refractivity contribution in [1.29, 1.82) is 0 Å². The van der Waals surface area contributed by atoms with E-state index in [1.165, 1.54) is 0 Å². The second kappa shape index (κ2) is 5.14. The third kappa shape index (κ3) is 2.74. The molecule has 0 radical (unpaired) electrons. The highest BCUT2D eigenvalue weighted by Gasteiger charge is 2.09. The van der Waals surface area contributed by atoms with E-state index in [0.29, 0.717) is 18.9 Å².